The van der Waals surface area contributed by atoms with Crippen LogP contribution in [-0.4, -0.2) is 61.7 Å². The number of aryl methyl sites for hydroxylation is 1. The minimum atomic E-state index is -0.830. The van der Waals surface area contributed by atoms with Gasteiger partial charge in [-0.15, -0.1) is 0 Å². The number of hydrogen-bond donors (Lipinski definition) is 2. The van der Waals surface area contributed by atoms with Crippen LogP contribution in [0.15, 0.2) is 49.1 Å². The number of nitrogens with one attached hydrogen (secondary N) is 2. The Morgan fingerprint density at radius 1 is 1.24 bits per heavy atom. The van der Waals surface area contributed by atoms with E-state index in [4.69, 9.17) is 4.74 Å². The Balaban J connectivity index is 0.000000225. The number of rotatable bonds is 6. The summed E-state index contributed by atoms with van der Waals surface area (Å²) in [5.41, 5.74) is 3.24. The molecule has 1 aliphatic heterocycles. The molecular formula is C25H32FN9O2. The summed E-state index contributed by atoms with van der Waals surface area (Å²) in [5.74, 6) is 1.14. The van der Waals surface area contributed by atoms with Gasteiger partial charge in [0.25, 0.3) is 0 Å². The van der Waals surface area contributed by atoms with Gasteiger partial charge in [-0.3, -0.25) is 4.68 Å². The minimum Gasteiger partial charge on any atom is -0.445 e. The molecule has 1 aliphatic rings. The van der Waals surface area contributed by atoms with Gasteiger partial charge in [-0.1, -0.05) is 30.3 Å². The van der Waals surface area contributed by atoms with E-state index >= 15 is 0 Å². The Labute approximate surface area is 214 Å². The Morgan fingerprint density at radius 2 is 2.03 bits per heavy atom. The molecule has 0 aliphatic carbocycles. The van der Waals surface area contributed by atoms with Crippen molar-refractivity contribution in [3.8, 4) is 0 Å². The van der Waals surface area contributed by atoms with E-state index in [0.717, 1.165) is 16.9 Å². The van der Waals surface area contributed by atoms with Gasteiger partial charge in [0, 0.05) is 32.9 Å². The molecule has 12 heteroatoms. The maximum Gasteiger partial charge on any atom is 0.407 e. The number of hydrogen-bond acceptors (Lipinski definition) is 8. The highest BCUT2D eigenvalue weighted by Crippen LogP contribution is 2.28. The van der Waals surface area contributed by atoms with Crippen LogP contribution >= 0.6 is 0 Å². The number of halogens is 1. The number of benzene rings is 1. The summed E-state index contributed by atoms with van der Waals surface area (Å²) in [6.45, 7) is 5.41. The van der Waals surface area contributed by atoms with Gasteiger partial charge in [0.05, 0.1) is 24.8 Å². The highest BCUT2D eigenvalue weighted by molar-refractivity contribution is 5.86. The first kappa shape index (κ1) is 25.9. The van der Waals surface area contributed by atoms with Gasteiger partial charge >= 0.3 is 6.09 Å². The van der Waals surface area contributed by atoms with Crippen LogP contribution in [0.1, 0.15) is 31.9 Å². The fourth-order valence-electron chi connectivity index (χ4n) is 3.83. The zero-order valence-electron chi connectivity index (χ0n) is 21.4. The highest BCUT2D eigenvalue weighted by Gasteiger charge is 2.26. The number of nitrogens with zero attached hydrogens (tertiary/aromatic N) is 7. The fraction of sp³-hybridized carbons (Fsp3) is 0.400. The van der Waals surface area contributed by atoms with Crippen LogP contribution in [0.25, 0.3) is 11.2 Å². The number of carbonyl (C=O) groups is 1. The van der Waals surface area contributed by atoms with Gasteiger partial charge in [-0.25, -0.2) is 14.2 Å². The summed E-state index contributed by atoms with van der Waals surface area (Å²) in [6, 6.07) is 9.76. The molecule has 5 rings (SSSR count). The van der Waals surface area contributed by atoms with Crippen LogP contribution in [-0.2, 0) is 18.4 Å². The van der Waals surface area contributed by atoms with Crippen molar-refractivity contribution in [3.05, 3.63) is 54.6 Å². The second-order valence-corrected chi connectivity index (χ2v) is 8.96. The van der Waals surface area contributed by atoms with Crippen molar-refractivity contribution in [2.75, 3.05) is 30.4 Å². The third-order valence-electron chi connectivity index (χ3n) is 5.76. The van der Waals surface area contributed by atoms with Crippen LogP contribution < -0.4 is 15.5 Å². The first-order valence-electron chi connectivity index (χ1n) is 12.1. The summed E-state index contributed by atoms with van der Waals surface area (Å²) in [4.78, 5) is 26.3. The van der Waals surface area contributed by atoms with Gasteiger partial charge in [0.1, 0.15) is 12.8 Å². The quantitative estimate of drug-likeness (QED) is 0.401. The lowest BCUT2D eigenvalue weighted by Gasteiger charge is -2.17. The first-order valence-corrected chi connectivity index (χ1v) is 12.1. The molecule has 0 unspecified atom stereocenters. The molecule has 0 radical (unpaired) electrons. The molecule has 1 saturated heterocycles. The monoisotopic (exact) mass is 509 g/mol. The van der Waals surface area contributed by atoms with Gasteiger partial charge < -0.3 is 24.8 Å². The number of ether oxygens (including phenoxy) is 1. The van der Waals surface area contributed by atoms with E-state index in [0.29, 0.717) is 43.4 Å². The van der Waals surface area contributed by atoms with Crippen LogP contribution in [0.3, 0.4) is 0 Å². The summed E-state index contributed by atoms with van der Waals surface area (Å²) in [6.07, 6.45) is 4.63. The van der Waals surface area contributed by atoms with Crippen molar-refractivity contribution >= 4 is 34.7 Å². The summed E-state index contributed by atoms with van der Waals surface area (Å²) >= 11 is 0. The Kier molecular flexibility index (Phi) is 8.16. The number of fused-ring (bicyclic) bond motifs is 1. The van der Waals surface area contributed by atoms with Crippen molar-refractivity contribution in [2.24, 2.45) is 7.05 Å². The maximum atomic E-state index is 13.6. The molecule has 4 aromatic rings. The third kappa shape index (κ3) is 6.51. The molecule has 2 N–H and O–H groups in total. The molecule has 1 atom stereocenters. The van der Waals surface area contributed by atoms with Gasteiger partial charge in [0.15, 0.2) is 17.0 Å². The van der Waals surface area contributed by atoms with E-state index in [1.165, 1.54) is 7.05 Å². The average Bonchev–Trinajstić information content (AvgIpc) is 3.63. The van der Waals surface area contributed by atoms with E-state index < -0.39 is 12.3 Å². The molecule has 196 valence electrons. The molecule has 4 heterocycles. The Hall–Kier alpha value is -4.22. The first-order chi connectivity index (χ1) is 17.8. The average molecular weight is 510 g/mol. The standard InChI is InChI=1S/C16H21FN8.C9H11NO2/c1-10(2)25-9-18-13-14(20-12-6-19-23(3)8-12)21-16(22-15(13)25)24-5-4-11(17)7-24;1-10-9(11)12-7-8-5-3-2-4-6-8/h6,8-11H,4-5,7H2,1-3H3,(H,20,21,22);2-6H,7H2,1H3,(H,10,11)/t11-;/m0./s1. The van der Waals surface area contributed by atoms with E-state index in [1.807, 2.05) is 53.0 Å². The zero-order chi connectivity index (χ0) is 26.4. The van der Waals surface area contributed by atoms with Gasteiger partial charge in [-0.05, 0) is 25.8 Å². The molecule has 1 fully saturated rings. The highest BCUT2D eigenvalue weighted by atomic mass is 19.1. The summed E-state index contributed by atoms with van der Waals surface area (Å²) in [7, 11) is 3.39. The van der Waals surface area contributed by atoms with Crippen molar-refractivity contribution in [2.45, 2.75) is 39.1 Å². The lowest BCUT2D eigenvalue weighted by Crippen LogP contribution is -2.23. The molecular weight excluding hydrogens is 477 g/mol. The minimum absolute atomic E-state index is 0.214. The number of imidazole rings is 1. The molecule has 37 heavy (non-hydrogen) atoms. The summed E-state index contributed by atoms with van der Waals surface area (Å²) in [5, 5.41) is 9.80. The van der Waals surface area contributed by atoms with Crippen LogP contribution in [0.2, 0.25) is 0 Å². The predicted octanol–water partition coefficient (Wildman–Crippen LogP) is 3.98. The van der Waals surface area contributed by atoms with Crippen LogP contribution in [0.4, 0.5) is 26.6 Å². The lowest BCUT2D eigenvalue weighted by molar-refractivity contribution is 0.142. The zero-order valence-corrected chi connectivity index (χ0v) is 21.4. The van der Waals surface area contributed by atoms with Crippen LogP contribution in [0.5, 0.6) is 0 Å². The number of amides is 1. The van der Waals surface area contributed by atoms with Crippen molar-refractivity contribution in [1.29, 1.82) is 0 Å². The normalized spacial score (nSPS) is 15.0. The second kappa shape index (κ2) is 11.7. The van der Waals surface area contributed by atoms with E-state index in [-0.39, 0.29) is 6.04 Å². The lowest BCUT2D eigenvalue weighted by atomic mass is 10.2. The number of alkyl halides is 1. The van der Waals surface area contributed by atoms with Crippen molar-refractivity contribution in [3.63, 3.8) is 0 Å². The Morgan fingerprint density at radius 3 is 2.65 bits per heavy atom. The molecule has 11 nitrogen and oxygen atoms in total. The molecule has 0 bridgehead atoms. The second-order valence-electron chi connectivity index (χ2n) is 8.96. The van der Waals surface area contributed by atoms with E-state index in [9.17, 15) is 9.18 Å². The number of alkyl carbamates (subject to hydrolysis) is 1. The third-order valence-corrected chi connectivity index (χ3v) is 5.76. The number of anilines is 3. The van der Waals surface area contributed by atoms with Crippen LogP contribution in [0, 0.1) is 0 Å². The van der Waals surface area contributed by atoms with Crippen molar-refractivity contribution < 1.29 is 13.9 Å². The Bertz CT molecular complexity index is 1320. The smallest absolute Gasteiger partial charge is 0.407 e. The molecule has 0 saturated carbocycles. The topological polar surface area (TPSA) is 115 Å². The largest absolute Gasteiger partial charge is 0.445 e. The maximum absolute atomic E-state index is 13.6. The molecule has 3 aromatic heterocycles. The number of carbonyl (C=O) groups excluding carboxylic acids is 1. The SMILES string of the molecule is CC(C)n1cnc2c(Nc3cnn(C)c3)nc(N3CC[C@H](F)C3)nc21.CNC(=O)OCc1ccccc1. The summed E-state index contributed by atoms with van der Waals surface area (Å²) < 4.78 is 22.2. The van der Waals surface area contributed by atoms with Gasteiger partial charge in [-0.2, -0.15) is 15.1 Å². The molecule has 1 amide bonds. The fourth-order valence-corrected chi connectivity index (χ4v) is 3.83. The predicted molar refractivity (Wildman–Crippen MR) is 140 cm³/mol. The van der Waals surface area contributed by atoms with E-state index in [2.05, 4.69) is 44.5 Å². The number of aromatic nitrogens is 6. The molecule has 0 spiro atoms. The van der Waals surface area contributed by atoms with Gasteiger partial charge in [0.2, 0.25) is 5.95 Å². The van der Waals surface area contributed by atoms with Crippen molar-refractivity contribution in [1.82, 2.24) is 34.6 Å². The van der Waals surface area contributed by atoms with E-state index in [1.54, 1.807) is 17.2 Å². The molecule has 1 aromatic carbocycles.